The monoisotopic (exact) mass is 178 g/mol. The normalized spacial score (nSPS) is 11.2. The van der Waals surface area contributed by atoms with Crippen molar-refractivity contribution >= 4 is 12.0 Å². The second-order valence-corrected chi connectivity index (χ2v) is 2.26. The van der Waals surface area contributed by atoms with Crippen LogP contribution in [0, 0.1) is 0 Å². The highest BCUT2D eigenvalue weighted by atomic mass is 16.5. The van der Waals surface area contributed by atoms with Crippen molar-refractivity contribution in [2.24, 2.45) is 0 Å². The summed E-state index contributed by atoms with van der Waals surface area (Å²) in [7, 11) is 1.34. The molecular weight excluding hydrogens is 168 g/mol. The Morgan fingerprint density at radius 2 is 2.38 bits per heavy atom. The molecule has 1 aromatic rings. The highest BCUT2D eigenvalue weighted by Gasteiger charge is 1.87. The van der Waals surface area contributed by atoms with Crippen molar-refractivity contribution in [1.29, 1.82) is 0 Å². The van der Waals surface area contributed by atoms with Gasteiger partial charge in [-0.2, -0.15) is 0 Å². The van der Waals surface area contributed by atoms with Crippen LogP contribution in [-0.4, -0.2) is 13.1 Å². The Morgan fingerprint density at radius 3 is 3.00 bits per heavy atom. The number of esters is 1. The van der Waals surface area contributed by atoms with E-state index in [1.807, 2.05) is 6.07 Å². The van der Waals surface area contributed by atoms with Crippen LogP contribution >= 0.6 is 0 Å². The van der Waals surface area contributed by atoms with E-state index in [0.29, 0.717) is 0 Å². The minimum atomic E-state index is -0.371. The minimum absolute atomic E-state index is 0.371. The third-order valence-corrected chi connectivity index (χ3v) is 1.35. The van der Waals surface area contributed by atoms with Crippen LogP contribution in [-0.2, 0) is 9.53 Å². The number of hydrogen-bond acceptors (Lipinski definition) is 3. The molecule has 3 nitrogen and oxygen atoms in total. The summed E-state index contributed by atoms with van der Waals surface area (Å²) in [6.07, 6.45) is 7.96. The quantitative estimate of drug-likeness (QED) is 0.404. The molecule has 0 aliphatic rings. The number of furan rings is 1. The van der Waals surface area contributed by atoms with Crippen LogP contribution in [0.3, 0.4) is 0 Å². The molecule has 68 valence electrons. The molecule has 0 aliphatic carbocycles. The van der Waals surface area contributed by atoms with Gasteiger partial charge in [-0.15, -0.1) is 0 Å². The van der Waals surface area contributed by atoms with E-state index < -0.39 is 0 Å². The Balaban J connectivity index is 2.42. The lowest BCUT2D eigenvalue weighted by molar-refractivity contribution is -0.134. The molecule has 1 heterocycles. The minimum Gasteiger partial charge on any atom is -0.466 e. The van der Waals surface area contributed by atoms with E-state index in [0.717, 1.165) is 5.76 Å². The molecule has 0 bridgehead atoms. The molecule has 13 heavy (non-hydrogen) atoms. The molecule has 0 aromatic carbocycles. The van der Waals surface area contributed by atoms with E-state index in [1.54, 1.807) is 30.6 Å². The number of carbonyl (C=O) groups is 1. The lowest BCUT2D eigenvalue weighted by Gasteiger charge is -1.86. The topological polar surface area (TPSA) is 39.4 Å². The Hall–Kier alpha value is -1.77. The first-order valence-corrected chi connectivity index (χ1v) is 3.79. The van der Waals surface area contributed by atoms with Crippen LogP contribution in [0.1, 0.15) is 5.76 Å². The second kappa shape index (κ2) is 4.98. The summed E-state index contributed by atoms with van der Waals surface area (Å²) in [5, 5.41) is 0. The SMILES string of the molecule is COC(=O)/C=C/C=C/c1ccco1. The van der Waals surface area contributed by atoms with Crippen LogP contribution in [0.2, 0.25) is 0 Å². The van der Waals surface area contributed by atoms with Crippen molar-refractivity contribution in [2.45, 2.75) is 0 Å². The average molecular weight is 178 g/mol. The molecule has 0 fully saturated rings. The maximum Gasteiger partial charge on any atom is 0.330 e. The number of rotatable bonds is 3. The van der Waals surface area contributed by atoms with Gasteiger partial charge in [0.1, 0.15) is 5.76 Å². The van der Waals surface area contributed by atoms with E-state index in [4.69, 9.17) is 4.42 Å². The van der Waals surface area contributed by atoms with E-state index >= 15 is 0 Å². The van der Waals surface area contributed by atoms with Crippen molar-refractivity contribution < 1.29 is 13.9 Å². The molecule has 3 heteroatoms. The predicted molar refractivity (Wildman–Crippen MR) is 48.9 cm³/mol. The average Bonchev–Trinajstić information content (AvgIpc) is 2.64. The lowest BCUT2D eigenvalue weighted by atomic mass is 10.4. The summed E-state index contributed by atoms with van der Waals surface area (Å²) < 4.78 is 9.43. The molecule has 0 radical (unpaired) electrons. The maximum atomic E-state index is 10.6. The van der Waals surface area contributed by atoms with Gasteiger partial charge in [0.25, 0.3) is 0 Å². The maximum absolute atomic E-state index is 10.6. The zero-order valence-electron chi connectivity index (χ0n) is 7.27. The zero-order valence-corrected chi connectivity index (χ0v) is 7.27. The number of methoxy groups -OCH3 is 1. The fourth-order valence-electron chi connectivity index (χ4n) is 0.739. The van der Waals surface area contributed by atoms with Crippen molar-refractivity contribution in [3.05, 3.63) is 42.4 Å². The molecule has 0 amide bonds. The first-order chi connectivity index (χ1) is 6.33. The molecule has 0 saturated heterocycles. The number of ether oxygens (including phenoxy) is 1. The Morgan fingerprint density at radius 1 is 1.54 bits per heavy atom. The summed E-state index contributed by atoms with van der Waals surface area (Å²) in [5.74, 6) is 0.374. The Bertz CT molecular complexity index is 307. The van der Waals surface area contributed by atoms with Crippen molar-refractivity contribution in [2.75, 3.05) is 7.11 Å². The smallest absolute Gasteiger partial charge is 0.330 e. The largest absolute Gasteiger partial charge is 0.466 e. The van der Waals surface area contributed by atoms with Crippen molar-refractivity contribution in [3.8, 4) is 0 Å². The zero-order chi connectivity index (χ0) is 9.52. The van der Waals surface area contributed by atoms with Gasteiger partial charge in [-0.25, -0.2) is 4.79 Å². The van der Waals surface area contributed by atoms with Crippen molar-refractivity contribution in [1.82, 2.24) is 0 Å². The summed E-state index contributed by atoms with van der Waals surface area (Å²) >= 11 is 0. The van der Waals surface area contributed by atoms with Crippen LogP contribution in [0.15, 0.2) is 41.0 Å². The summed E-state index contributed by atoms with van der Waals surface area (Å²) in [4.78, 5) is 10.6. The summed E-state index contributed by atoms with van der Waals surface area (Å²) in [6.45, 7) is 0. The van der Waals surface area contributed by atoms with Gasteiger partial charge in [0.05, 0.1) is 13.4 Å². The first kappa shape index (κ1) is 9.32. The predicted octanol–water partition coefficient (Wildman–Crippen LogP) is 2.02. The van der Waals surface area contributed by atoms with Crippen LogP contribution in [0.25, 0.3) is 6.08 Å². The Kier molecular flexibility index (Phi) is 3.57. The van der Waals surface area contributed by atoms with E-state index in [1.165, 1.54) is 13.2 Å². The molecule has 1 aromatic heterocycles. The molecule has 0 saturated carbocycles. The van der Waals surface area contributed by atoms with Gasteiger partial charge in [-0.3, -0.25) is 0 Å². The first-order valence-electron chi connectivity index (χ1n) is 3.79. The second-order valence-electron chi connectivity index (χ2n) is 2.26. The molecule has 1 rings (SSSR count). The van der Waals surface area contributed by atoms with E-state index in [-0.39, 0.29) is 5.97 Å². The molecule has 0 unspecified atom stereocenters. The molecular formula is C10H10O3. The number of carbonyl (C=O) groups excluding carboxylic acids is 1. The van der Waals surface area contributed by atoms with E-state index in [9.17, 15) is 4.79 Å². The molecule has 0 aliphatic heterocycles. The van der Waals surface area contributed by atoms with Gasteiger partial charge in [0.2, 0.25) is 0 Å². The van der Waals surface area contributed by atoms with Gasteiger partial charge in [0, 0.05) is 6.08 Å². The summed E-state index contributed by atoms with van der Waals surface area (Å²) in [6, 6.07) is 3.62. The fourth-order valence-corrected chi connectivity index (χ4v) is 0.739. The third-order valence-electron chi connectivity index (χ3n) is 1.35. The Labute approximate surface area is 76.3 Å². The van der Waals surface area contributed by atoms with Gasteiger partial charge < -0.3 is 9.15 Å². The van der Waals surface area contributed by atoms with Crippen LogP contribution in [0.5, 0.6) is 0 Å². The van der Waals surface area contributed by atoms with E-state index in [2.05, 4.69) is 4.74 Å². The van der Waals surface area contributed by atoms with Gasteiger partial charge in [0.15, 0.2) is 0 Å². The lowest BCUT2D eigenvalue weighted by Crippen LogP contribution is -1.92. The van der Waals surface area contributed by atoms with Crippen LogP contribution < -0.4 is 0 Å². The number of hydrogen-bond donors (Lipinski definition) is 0. The van der Waals surface area contributed by atoms with Gasteiger partial charge in [-0.05, 0) is 18.2 Å². The highest BCUT2D eigenvalue weighted by molar-refractivity contribution is 5.82. The summed E-state index contributed by atoms with van der Waals surface area (Å²) in [5.41, 5.74) is 0. The fraction of sp³-hybridized carbons (Fsp3) is 0.100. The standard InChI is InChI=1S/C10H10O3/c1-12-10(11)7-3-2-5-9-6-4-8-13-9/h2-8H,1H3/b5-2+,7-3+. The molecule has 0 spiro atoms. The third kappa shape index (κ3) is 3.42. The van der Waals surface area contributed by atoms with Gasteiger partial charge >= 0.3 is 5.97 Å². The highest BCUT2D eigenvalue weighted by Crippen LogP contribution is 2.01. The van der Waals surface area contributed by atoms with Gasteiger partial charge in [-0.1, -0.05) is 12.2 Å². The molecule has 0 atom stereocenters. The van der Waals surface area contributed by atoms with Crippen LogP contribution in [0.4, 0.5) is 0 Å². The molecule has 0 N–H and O–H groups in total. The number of allylic oxidation sites excluding steroid dienone is 2. The van der Waals surface area contributed by atoms with Crippen molar-refractivity contribution in [3.63, 3.8) is 0 Å².